The van der Waals surface area contributed by atoms with E-state index in [4.69, 9.17) is 10.00 Å². The van der Waals surface area contributed by atoms with E-state index in [1.165, 1.54) is 29.2 Å². The van der Waals surface area contributed by atoms with E-state index in [-0.39, 0.29) is 18.5 Å². The molecule has 0 radical (unpaired) electrons. The van der Waals surface area contributed by atoms with Crippen LogP contribution >= 0.6 is 0 Å². The molecule has 7 nitrogen and oxygen atoms in total. The lowest BCUT2D eigenvalue weighted by Crippen LogP contribution is -2.35. The molecule has 1 aromatic heterocycles. The molecule has 1 heterocycles. The van der Waals surface area contributed by atoms with Gasteiger partial charge in [-0.2, -0.15) is 5.26 Å². The Kier molecular flexibility index (Phi) is 6.00. The maximum absolute atomic E-state index is 13.2. The van der Waals surface area contributed by atoms with Crippen LogP contribution in [0.4, 0.5) is 10.1 Å². The molecule has 29 heavy (non-hydrogen) atoms. The van der Waals surface area contributed by atoms with E-state index in [9.17, 15) is 18.8 Å². The number of nitrogens with zero attached hydrogens (tertiary/aromatic N) is 2. The zero-order chi connectivity index (χ0) is 20.8. The van der Waals surface area contributed by atoms with Crippen molar-refractivity contribution < 1.29 is 18.7 Å². The van der Waals surface area contributed by atoms with Crippen LogP contribution in [0.15, 0.2) is 59.4 Å². The van der Waals surface area contributed by atoms with Gasteiger partial charge in [-0.15, -0.1) is 0 Å². The number of esters is 1. The number of hydrogen-bond acceptors (Lipinski definition) is 5. The number of nitrogens with one attached hydrogen (secondary N) is 1. The fraction of sp³-hybridized carbons (Fsp3) is 0.143. The van der Waals surface area contributed by atoms with Crippen LogP contribution in [0, 0.1) is 17.1 Å². The average Bonchev–Trinajstić information content (AvgIpc) is 2.72. The van der Waals surface area contributed by atoms with E-state index in [1.807, 2.05) is 6.07 Å². The fourth-order valence-electron chi connectivity index (χ4n) is 2.84. The molecule has 3 aromatic rings. The summed E-state index contributed by atoms with van der Waals surface area (Å²) in [5.41, 5.74) is 0.427. The Balaban J connectivity index is 1.78. The number of ether oxygens (including phenoxy) is 1. The molecular weight excluding hydrogens is 377 g/mol. The highest BCUT2D eigenvalue weighted by molar-refractivity contribution is 6.04. The minimum atomic E-state index is -0.819. The van der Waals surface area contributed by atoms with Crippen molar-refractivity contribution in [2.75, 3.05) is 18.1 Å². The zero-order valence-corrected chi connectivity index (χ0v) is 15.2. The van der Waals surface area contributed by atoms with E-state index in [1.54, 1.807) is 24.3 Å². The van der Waals surface area contributed by atoms with Gasteiger partial charge in [-0.25, -0.2) is 9.18 Å². The van der Waals surface area contributed by atoms with Crippen LogP contribution in [-0.2, 0) is 9.53 Å². The number of benzene rings is 2. The van der Waals surface area contributed by atoms with Gasteiger partial charge >= 0.3 is 5.97 Å². The highest BCUT2D eigenvalue weighted by atomic mass is 19.1. The van der Waals surface area contributed by atoms with E-state index in [2.05, 4.69) is 4.98 Å². The van der Waals surface area contributed by atoms with Crippen molar-refractivity contribution >= 4 is 28.5 Å². The second-order valence-corrected chi connectivity index (χ2v) is 6.10. The molecule has 0 fully saturated rings. The molecule has 1 N–H and O–H groups in total. The summed E-state index contributed by atoms with van der Waals surface area (Å²) in [4.78, 5) is 40.7. The molecule has 1 amide bonds. The minimum Gasteiger partial charge on any atom is -0.452 e. The largest absolute Gasteiger partial charge is 0.452 e. The number of H-pyrrole nitrogens is 1. The van der Waals surface area contributed by atoms with Crippen molar-refractivity contribution in [3.63, 3.8) is 0 Å². The van der Waals surface area contributed by atoms with Gasteiger partial charge in [0.2, 0.25) is 5.56 Å². The molecule has 0 aliphatic carbocycles. The highest BCUT2D eigenvalue weighted by Gasteiger charge is 2.19. The minimum absolute atomic E-state index is 0.0440. The van der Waals surface area contributed by atoms with E-state index in [0.29, 0.717) is 16.6 Å². The Bertz CT molecular complexity index is 1150. The summed E-state index contributed by atoms with van der Waals surface area (Å²) in [5, 5.41) is 9.31. The number of hydrogen-bond donors (Lipinski definition) is 1. The third-order valence-electron chi connectivity index (χ3n) is 4.18. The summed E-state index contributed by atoms with van der Waals surface area (Å²) >= 11 is 0. The van der Waals surface area contributed by atoms with E-state index in [0.717, 1.165) is 6.07 Å². The Morgan fingerprint density at radius 3 is 2.59 bits per heavy atom. The van der Waals surface area contributed by atoms with Gasteiger partial charge in [-0.05, 0) is 30.3 Å². The van der Waals surface area contributed by atoms with Crippen LogP contribution in [0.5, 0.6) is 0 Å². The van der Waals surface area contributed by atoms with Crippen LogP contribution in [0.2, 0.25) is 0 Å². The smallest absolute Gasteiger partial charge is 0.339 e. The number of anilines is 1. The molecule has 2 aromatic carbocycles. The number of carbonyl (C=O) groups is 2. The topological polar surface area (TPSA) is 103 Å². The molecule has 0 unspecified atom stereocenters. The quantitative estimate of drug-likeness (QED) is 0.649. The van der Waals surface area contributed by atoms with Gasteiger partial charge in [0.15, 0.2) is 6.61 Å². The van der Waals surface area contributed by atoms with Crippen molar-refractivity contribution in [1.82, 2.24) is 4.98 Å². The molecule has 0 bridgehead atoms. The number of amides is 1. The molecule has 0 saturated carbocycles. The second kappa shape index (κ2) is 8.80. The van der Waals surface area contributed by atoms with Crippen molar-refractivity contribution in [1.29, 1.82) is 5.26 Å². The van der Waals surface area contributed by atoms with Gasteiger partial charge in [0, 0.05) is 29.2 Å². The first-order valence-electron chi connectivity index (χ1n) is 8.71. The first-order valence-corrected chi connectivity index (χ1v) is 8.71. The molecule has 0 spiro atoms. The number of rotatable bonds is 6. The van der Waals surface area contributed by atoms with Crippen LogP contribution in [0.3, 0.4) is 0 Å². The number of para-hydroxylation sites is 1. The molecule has 146 valence electrons. The van der Waals surface area contributed by atoms with Crippen LogP contribution < -0.4 is 10.5 Å². The predicted molar refractivity (Wildman–Crippen MR) is 104 cm³/mol. The Morgan fingerprint density at radius 2 is 1.86 bits per heavy atom. The predicted octanol–water partition coefficient (Wildman–Crippen LogP) is 2.77. The summed E-state index contributed by atoms with van der Waals surface area (Å²) in [6.45, 7) is -0.533. The molecule has 3 rings (SSSR count). The van der Waals surface area contributed by atoms with Crippen LogP contribution in [0.25, 0.3) is 10.9 Å². The van der Waals surface area contributed by atoms with Gasteiger partial charge in [-0.3, -0.25) is 9.59 Å². The maximum Gasteiger partial charge on any atom is 0.339 e. The number of pyridine rings is 1. The van der Waals surface area contributed by atoms with Crippen molar-refractivity contribution in [3.8, 4) is 6.07 Å². The number of aromatic nitrogens is 1. The zero-order valence-electron chi connectivity index (χ0n) is 15.2. The van der Waals surface area contributed by atoms with E-state index < -0.39 is 29.9 Å². The molecule has 0 aliphatic heterocycles. The van der Waals surface area contributed by atoms with Crippen LogP contribution in [-0.4, -0.2) is 30.0 Å². The molecular formula is C21H16FN3O4. The molecule has 0 atom stereocenters. The third kappa shape index (κ3) is 4.65. The van der Waals surface area contributed by atoms with Crippen molar-refractivity contribution in [3.05, 3.63) is 76.3 Å². The fourth-order valence-corrected chi connectivity index (χ4v) is 2.84. The van der Waals surface area contributed by atoms with Gasteiger partial charge in [0.1, 0.15) is 5.82 Å². The first kappa shape index (κ1) is 19.8. The van der Waals surface area contributed by atoms with Crippen LogP contribution in [0.1, 0.15) is 16.8 Å². The van der Waals surface area contributed by atoms with E-state index >= 15 is 0 Å². The lowest BCUT2D eigenvalue weighted by Gasteiger charge is -2.21. The first-order chi connectivity index (χ1) is 14.0. The van der Waals surface area contributed by atoms with Gasteiger partial charge in [0.05, 0.1) is 18.1 Å². The van der Waals surface area contributed by atoms with Crippen molar-refractivity contribution in [2.45, 2.75) is 6.42 Å². The second-order valence-electron chi connectivity index (χ2n) is 6.10. The Hall–Kier alpha value is -3.99. The maximum atomic E-state index is 13.2. The number of carbonyl (C=O) groups excluding carboxylic acids is 2. The standard InChI is InChI=1S/C21H16FN3O4/c22-14-6-8-15(9-7-14)25(11-3-10-23)20(27)13-29-21(28)17-12-19(26)24-18-5-2-1-4-16(17)18/h1-2,4-9,12H,3,11,13H2,(H,24,26). The van der Waals surface area contributed by atoms with Gasteiger partial charge in [-0.1, -0.05) is 18.2 Å². The SMILES string of the molecule is N#CCCN(C(=O)COC(=O)c1cc(=O)[nH]c2ccccc12)c1ccc(F)cc1. The number of aromatic amines is 1. The monoisotopic (exact) mass is 393 g/mol. The lowest BCUT2D eigenvalue weighted by molar-refractivity contribution is -0.121. The summed E-state index contributed by atoms with van der Waals surface area (Å²) in [5.74, 6) is -1.86. The molecule has 0 saturated heterocycles. The normalized spacial score (nSPS) is 10.3. The highest BCUT2D eigenvalue weighted by Crippen LogP contribution is 2.17. The average molecular weight is 393 g/mol. The summed E-state index contributed by atoms with van der Waals surface area (Å²) in [6.07, 6.45) is 0.0514. The Morgan fingerprint density at radius 1 is 1.14 bits per heavy atom. The van der Waals surface area contributed by atoms with Crippen molar-refractivity contribution in [2.24, 2.45) is 0 Å². The lowest BCUT2D eigenvalue weighted by atomic mass is 10.1. The summed E-state index contributed by atoms with van der Waals surface area (Å²) < 4.78 is 18.3. The van der Waals surface area contributed by atoms with Gasteiger partial charge in [0.25, 0.3) is 5.91 Å². The Labute approximate surface area is 164 Å². The third-order valence-corrected chi connectivity index (χ3v) is 4.18. The molecule has 8 heteroatoms. The van der Waals surface area contributed by atoms with Gasteiger partial charge < -0.3 is 14.6 Å². The molecule has 0 aliphatic rings. The number of halogens is 1. The summed E-state index contributed by atoms with van der Waals surface area (Å²) in [6, 6.07) is 15.0. The summed E-state index contributed by atoms with van der Waals surface area (Å²) in [7, 11) is 0. The number of nitriles is 1. The number of fused-ring (bicyclic) bond motifs is 1.